The van der Waals surface area contributed by atoms with Gasteiger partial charge in [0.25, 0.3) is 0 Å². The summed E-state index contributed by atoms with van der Waals surface area (Å²) in [4.78, 5) is 0. The van der Waals surface area contributed by atoms with Crippen molar-refractivity contribution >= 4 is 11.6 Å². The second-order valence-electron chi connectivity index (χ2n) is 3.84. The van der Waals surface area contributed by atoms with Crippen LogP contribution in [0.25, 0.3) is 0 Å². The van der Waals surface area contributed by atoms with E-state index in [1.165, 1.54) is 18.2 Å². The maximum absolute atomic E-state index is 13.1. The highest BCUT2D eigenvalue weighted by Crippen LogP contribution is 2.22. The molecule has 0 radical (unpaired) electrons. The topological polar surface area (TPSA) is 35.2 Å². The van der Waals surface area contributed by atoms with Gasteiger partial charge in [0.15, 0.2) is 0 Å². The van der Waals surface area contributed by atoms with Gasteiger partial charge >= 0.3 is 0 Å². The van der Waals surface area contributed by atoms with Crippen LogP contribution < -0.4 is 10.5 Å². The van der Waals surface area contributed by atoms with Gasteiger partial charge in [-0.15, -0.1) is 0 Å². The van der Waals surface area contributed by atoms with Crippen LogP contribution in [0.1, 0.15) is 11.1 Å². The third-order valence-electron chi connectivity index (χ3n) is 2.58. The lowest BCUT2D eigenvalue weighted by Crippen LogP contribution is -2.03. The van der Waals surface area contributed by atoms with Gasteiger partial charge < -0.3 is 10.5 Å². The molecule has 2 aromatic carbocycles. The number of ether oxygens (including phenoxy) is 1. The highest BCUT2D eigenvalue weighted by Gasteiger charge is 2.05. The molecule has 94 valence electrons. The van der Waals surface area contributed by atoms with E-state index >= 15 is 0 Å². The van der Waals surface area contributed by atoms with Crippen LogP contribution in [0, 0.1) is 5.82 Å². The van der Waals surface area contributed by atoms with Crippen molar-refractivity contribution in [3.05, 3.63) is 64.4 Å². The monoisotopic (exact) mass is 265 g/mol. The second-order valence-corrected chi connectivity index (χ2v) is 4.24. The molecule has 0 amide bonds. The van der Waals surface area contributed by atoms with Gasteiger partial charge in [-0.2, -0.15) is 0 Å². The van der Waals surface area contributed by atoms with Gasteiger partial charge in [-0.05, 0) is 24.3 Å². The first-order chi connectivity index (χ1) is 8.70. The molecule has 2 nitrogen and oxygen atoms in total. The van der Waals surface area contributed by atoms with Crippen LogP contribution in [0.2, 0.25) is 5.02 Å². The summed E-state index contributed by atoms with van der Waals surface area (Å²) in [6, 6.07) is 11.7. The lowest BCUT2D eigenvalue weighted by atomic mass is 10.2. The maximum Gasteiger partial charge on any atom is 0.124 e. The van der Waals surface area contributed by atoms with Crippen molar-refractivity contribution in [2.24, 2.45) is 5.73 Å². The van der Waals surface area contributed by atoms with Crippen LogP contribution in [0.3, 0.4) is 0 Å². The van der Waals surface area contributed by atoms with Gasteiger partial charge in [-0.1, -0.05) is 29.8 Å². The summed E-state index contributed by atoms with van der Waals surface area (Å²) < 4.78 is 18.7. The molecule has 0 aromatic heterocycles. The molecule has 0 saturated carbocycles. The minimum absolute atomic E-state index is 0.216. The van der Waals surface area contributed by atoms with Crippen LogP contribution >= 0.6 is 11.6 Å². The smallest absolute Gasteiger partial charge is 0.124 e. The van der Waals surface area contributed by atoms with Gasteiger partial charge in [0.2, 0.25) is 0 Å². The van der Waals surface area contributed by atoms with E-state index in [4.69, 9.17) is 22.1 Å². The maximum atomic E-state index is 13.1. The summed E-state index contributed by atoms with van der Waals surface area (Å²) in [6.45, 7) is 0.612. The summed E-state index contributed by atoms with van der Waals surface area (Å²) >= 11 is 5.96. The molecule has 4 heteroatoms. The number of benzene rings is 2. The Bertz CT molecular complexity index is 545. The molecule has 0 aliphatic heterocycles. The lowest BCUT2D eigenvalue weighted by molar-refractivity contribution is 0.302. The van der Waals surface area contributed by atoms with E-state index in [9.17, 15) is 4.39 Å². The first-order valence-electron chi connectivity index (χ1n) is 5.55. The van der Waals surface area contributed by atoms with Crippen LogP contribution in [0.15, 0.2) is 42.5 Å². The fourth-order valence-electron chi connectivity index (χ4n) is 1.62. The predicted molar refractivity (Wildman–Crippen MR) is 70.1 cm³/mol. The van der Waals surface area contributed by atoms with Gasteiger partial charge in [0, 0.05) is 22.7 Å². The molecule has 0 saturated heterocycles. The minimum atomic E-state index is -0.329. The molecule has 0 aliphatic rings. The lowest BCUT2D eigenvalue weighted by Gasteiger charge is -2.11. The number of halogens is 2. The van der Waals surface area contributed by atoms with E-state index in [-0.39, 0.29) is 12.4 Å². The number of para-hydroxylation sites is 1. The van der Waals surface area contributed by atoms with Gasteiger partial charge in [0.05, 0.1) is 0 Å². The fraction of sp³-hybridized carbons (Fsp3) is 0.143. The predicted octanol–water partition coefficient (Wildman–Crippen LogP) is 3.52. The summed E-state index contributed by atoms with van der Waals surface area (Å²) in [5.74, 6) is 0.366. The van der Waals surface area contributed by atoms with Crippen molar-refractivity contribution in [3.8, 4) is 5.75 Å². The molecule has 0 fully saturated rings. The normalized spacial score (nSPS) is 10.4. The van der Waals surface area contributed by atoms with Crippen molar-refractivity contribution in [1.82, 2.24) is 0 Å². The molecule has 2 N–H and O–H groups in total. The van der Waals surface area contributed by atoms with Crippen molar-refractivity contribution in [1.29, 1.82) is 0 Å². The van der Waals surface area contributed by atoms with Crippen molar-refractivity contribution in [2.45, 2.75) is 13.2 Å². The average molecular weight is 266 g/mol. The Hall–Kier alpha value is -1.58. The third kappa shape index (κ3) is 3.00. The molecule has 2 rings (SSSR count). The first-order valence-corrected chi connectivity index (χ1v) is 5.93. The molecule has 0 bridgehead atoms. The largest absolute Gasteiger partial charge is 0.489 e. The van der Waals surface area contributed by atoms with Gasteiger partial charge in [0.1, 0.15) is 18.2 Å². The van der Waals surface area contributed by atoms with Crippen LogP contribution in [0.5, 0.6) is 5.75 Å². The Kier molecular flexibility index (Phi) is 4.18. The van der Waals surface area contributed by atoms with E-state index < -0.39 is 0 Å². The fourth-order valence-corrected chi connectivity index (χ4v) is 1.79. The van der Waals surface area contributed by atoms with Crippen molar-refractivity contribution in [2.75, 3.05) is 0 Å². The van der Waals surface area contributed by atoms with Crippen molar-refractivity contribution < 1.29 is 9.13 Å². The first kappa shape index (κ1) is 12.9. The SMILES string of the molecule is NCc1ccccc1OCc1cc(F)ccc1Cl. The van der Waals surface area contributed by atoms with Crippen LogP contribution in [-0.4, -0.2) is 0 Å². The molecule has 0 spiro atoms. The molecule has 2 aromatic rings. The molecule has 0 atom stereocenters. The summed E-state index contributed by atoms with van der Waals surface area (Å²) in [6.07, 6.45) is 0. The summed E-state index contributed by atoms with van der Waals surface area (Å²) in [7, 11) is 0. The zero-order valence-electron chi connectivity index (χ0n) is 9.70. The highest BCUT2D eigenvalue weighted by molar-refractivity contribution is 6.31. The molecular weight excluding hydrogens is 253 g/mol. The average Bonchev–Trinajstić information content (AvgIpc) is 2.40. The van der Waals surface area contributed by atoms with E-state index in [2.05, 4.69) is 0 Å². The van der Waals surface area contributed by atoms with Crippen molar-refractivity contribution in [3.63, 3.8) is 0 Å². The summed E-state index contributed by atoms with van der Waals surface area (Å²) in [5, 5.41) is 0.488. The zero-order valence-corrected chi connectivity index (χ0v) is 10.5. The number of nitrogens with two attached hydrogens (primary N) is 1. The molecule has 0 unspecified atom stereocenters. The Morgan fingerprint density at radius 1 is 1.11 bits per heavy atom. The van der Waals surface area contributed by atoms with Crippen LogP contribution in [0.4, 0.5) is 4.39 Å². The van der Waals surface area contributed by atoms with Gasteiger partial charge in [-0.3, -0.25) is 0 Å². The Morgan fingerprint density at radius 2 is 1.89 bits per heavy atom. The number of hydrogen-bond acceptors (Lipinski definition) is 2. The Balaban J connectivity index is 2.14. The quantitative estimate of drug-likeness (QED) is 0.918. The van der Waals surface area contributed by atoms with E-state index in [1.54, 1.807) is 0 Å². The molecular formula is C14H13ClFNO. The third-order valence-corrected chi connectivity index (χ3v) is 2.95. The molecule has 18 heavy (non-hydrogen) atoms. The Morgan fingerprint density at radius 3 is 2.67 bits per heavy atom. The number of rotatable bonds is 4. The van der Waals surface area contributed by atoms with E-state index in [1.807, 2.05) is 24.3 Å². The Labute approximate surface area is 110 Å². The van der Waals surface area contributed by atoms with Gasteiger partial charge in [-0.25, -0.2) is 4.39 Å². The molecule has 0 heterocycles. The summed E-state index contributed by atoms with van der Waals surface area (Å²) in [5.41, 5.74) is 7.13. The van der Waals surface area contributed by atoms with E-state index in [0.717, 1.165) is 5.56 Å². The highest BCUT2D eigenvalue weighted by atomic mass is 35.5. The standard InChI is InChI=1S/C14H13ClFNO/c15-13-6-5-12(16)7-11(13)9-18-14-4-2-1-3-10(14)8-17/h1-7H,8-9,17H2. The second kappa shape index (κ2) is 5.85. The van der Waals surface area contributed by atoms with E-state index in [0.29, 0.717) is 22.9 Å². The van der Waals surface area contributed by atoms with Crippen LogP contribution in [-0.2, 0) is 13.2 Å². The zero-order chi connectivity index (χ0) is 13.0. The molecule has 0 aliphatic carbocycles. The minimum Gasteiger partial charge on any atom is -0.489 e. The number of hydrogen-bond donors (Lipinski definition) is 1.